The van der Waals surface area contributed by atoms with E-state index in [4.69, 9.17) is 9.47 Å². The Bertz CT molecular complexity index is 1180. The summed E-state index contributed by atoms with van der Waals surface area (Å²) < 4.78 is 14.5. The fourth-order valence-corrected chi connectivity index (χ4v) is 5.60. The molecule has 0 spiro atoms. The van der Waals surface area contributed by atoms with Crippen LogP contribution in [0.1, 0.15) is 48.8 Å². The van der Waals surface area contributed by atoms with E-state index in [9.17, 15) is 9.59 Å². The van der Waals surface area contributed by atoms with Crippen molar-refractivity contribution in [1.29, 1.82) is 0 Å². The highest BCUT2D eigenvalue weighted by molar-refractivity contribution is 7.17. The van der Waals surface area contributed by atoms with Gasteiger partial charge in [0.2, 0.25) is 5.91 Å². The molecule has 2 unspecified atom stereocenters. The van der Waals surface area contributed by atoms with Gasteiger partial charge in [-0.25, -0.2) is 0 Å². The Morgan fingerprint density at radius 2 is 2.00 bits per heavy atom. The number of hydrogen-bond donors (Lipinski definition) is 1. The number of ether oxygens (including phenoxy) is 2. The van der Waals surface area contributed by atoms with Crippen LogP contribution in [-0.2, 0) is 11.3 Å². The van der Waals surface area contributed by atoms with Crippen LogP contribution in [0.15, 0.2) is 35.7 Å². The average molecular weight is 468 g/mol. The van der Waals surface area contributed by atoms with Gasteiger partial charge in [-0.2, -0.15) is 0 Å². The van der Waals surface area contributed by atoms with Crippen molar-refractivity contribution in [3.8, 4) is 11.5 Å². The number of hydrogen-bond acceptors (Lipinski definition) is 5. The van der Waals surface area contributed by atoms with E-state index < -0.39 is 0 Å². The van der Waals surface area contributed by atoms with E-state index in [1.54, 1.807) is 11.3 Å². The average Bonchev–Trinajstić information content (AvgIpc) is 3.44. The SMILES string of the molecule is CCn1c(C(=O)N2CCCC(C(=O)NC(C)c3ccc4c(c3)OCCO4)C2)cc2sccc21. The van der Waals surface area contributed by atoms with Crippen LogP contribution < -0.4 is 14.8 Å². The molecule has 1 fully saturated rings. The maximum absolute atomic E-state index is 13.3. The van der Waals surface area contributed by atoms with E-state index in [1.165, 1.54) is 0 Å². The molecule has 1 aromatic carbocycles. The first-order valence-corrected chi connectivity index (χ1v) is 12.5. The van der Waals surface area contributed by atoms with E-state index in [0.717, 1.165) is 40.9 Å². The topological polar surface area (TPSA) is 72.8 Å². The number of thiophene rings is 1. The zero-order chi connectivity index (χ0) is 22.9. The van der Waals surface area contributed by atoms with Gasteiger partial charge in [0.05, 0.1) is 22.2 Å². The zero-order valence-electron chi connectivity index (χ0n) is 19.0. The molecule has 0 saturated carbocycles. The molecule has 4 heterocycles. The second-order valence-electron chi connectivity index (χ2n) is 8.67. The minimum atomic E-state index is -0.214. The van der Waals surface area contributed by atoms with Crippen LogP contribution in [0.25, 0.3) is 10.2 Å². The van der Waals surface area contributed by atoms with Gasteiger partial charge in [0.15, 0.2) is 11.5 Å². The molecule has 8 heteroatoms. The fourth-order valence-electron chi connectivity index (χ4n) is 4.78. The fraction of sp³-hybridized carbons (Fsp3) is 0.440. The normalized spacial score (nSPS) is 18.8. The standard InChI is InChI=1S/C25H29N3O4S/c1-3-28-19-8-12-33-23(19)14-20(28)25(30)27-9-4-5-18(15-27)24(29)26-16(2)17-6-7-21-22(13-17)32-11-10-31-21/h6-8,12-14,16,18H,3-5,9-11,15H2,1-2H3,(H,26,29). The lowest BCUT2D eigenvalue weighted by Gasteiger charge is -2.33. The monoisotopic (exact) mass is 467 g/mol. The van der Waals surface area contributed by atoms with Crippen LogP contribution in [0.4, 0.5) is 0 Å². The summed E-state index contributed by atoms with van der Waals surface area (Å²) in [5, 5.41) is 5.19. The van der Waals surface area contributed by atoms with Crippen molar-refractivity contribution in [1.82, 2.24) is 14.8 Å². The van der Waals surface area contributed by atoms with E-state index >= 15 is 0 Å². The number of fused-ring (bicyclic) bond motifs is 2. The van der Waals surface area contributed by atoms with Crippen molar-refractivity contribution in [2.75, 3.05) is 26.3 Å². The number of nitrogens with zero attached hydrogens (tertiary/aromatic N) is 2. The summed E-state index contributed by atoms with van der Waals surface area (Å²) in [5.41, 5.74) is 2.78. The number of aromatic nitrogens is 1. The molecule has 0 aliphatic carbocycles. The van der Waals surface area contributed by atoms with Crippen molar-refractivity contribution >= 4 is 33.4 Å². The highest BCUT2D eigenvalue weighted by Crippen LogP contribution is 2.33. The second-order valence-corrected chi connectivity index (χ2v) is 9.62. The van der Waals surface area contributed by atoms with Gasteiger partial charge < -0.3 is 24.3 Å². The largest absolute Gasteiger partial charge is 0.486 e. The van der Waals surface area contributed by atoms with Gasteiger partial charge >= 0.3 is 0 Å². The van der Waals surface area contributed by atoms with Gasteiger partial charge in [-0.15, -0.1) is 11.3 Å². The predicted octanol–water partition coefficient (Wildman–Crippen LogP) is 4.22. The van der Waals surface area contributed by atoms with Crippen molar-refractivity contribution in [2.24, 2.45) is 5.92 Å². The summed E-state index contributed by atoms with van der Waals surface area (Å²) in [6.45, 7) is 6.98. The van der Waals surface area contributed by atoms with Gasteiger partial charge in [-0.1, -0.05) is 6.07 Å². The molecule has 2 atom stereocenters. The molecule has 0 bridgehead atoms. The Morgan fingerprint density at radius 1 is 1.18 bits per heavy atom. The zero-order valence-corrected chi connectivity index (χ0v) is 19.8. The number of carbonyl (C=O) groups is 2. The number of aryl methyl sites for hydroxylation is 1. The minimum Gasteiger partial charge on any atom is -0.486 e. The quantitative estimate of drug-likeness (QED) is 0.610. The summed E-state index contributed by atoms with van der Waals surface area (Å²) in [4.78, 5) is 28.3. The van der Waals surface area contributed by atoms with Crippen LogP contribution in [0.2, 0.25) is 0 Å². The molecule has 1 saturated heterocycles. The number of carbonyl (C=O) groups excluding carboxylic acids is 2. The number of amides is 2. The molecule has 3 aromatic rings. The van der Waals surface area contributed by atoms with Crippen molar-refractivity contribution in [3.05, 3.63) is 47.0 Å². The number of likely N-dealkylation sites (tertiary alicyclic amines) is 1. The van der Waals surface area contributed by atoms with Crippen LogP contribution in [0.3, 0.4) is 0 Å². The van der Waals surface area contributed by atoms with Gasteiger partial charge in [-0.3, -0.25) is 9.59 Å². The van der Waals surface area contributed by atoms with Gasteiger partial charge in [0.25, 0.3) is 5.91 Å². The van der Waals surface area contributed by atoms with Gasteiger partial charge in [0, 0.05) is 19.6 Å². The summed E-state index contributed by atoms with van der Waals surface area (Å²) in [7, 11) is 0. The maximum Gasteiger partial charge on any atom is 0.270 e. The summed E-state index contributed by atoms with van der Waals surface area (Å²) >= 11 is 1.65. The van der Waals surface area contributed by atoms with Crippen molar-refractivity contribution in [3.63, 3.8) is 0 Å². The lowest BCUT2D eigenvalue weighted by Crippen LogP contribution is -2.46. The Balaban J connectivity index is 1.26. The van der Waals surface area contributed by atoms with Crippen LogP contribution >= 0.6 is 11.3 Å². The molecular weight excluding hydrogens is 438 g/mol. The first-order valence-electron chi connectivity index (χ1n) is 11.6. The third-order valence-electron chi connectivity index (χ3n) is 6.56. The number of nitrogens with one attached hydrogen (secondary N) is 1. The highest BCUT2D eigenvalue weighted by atomic mass is 32.1. The minimum absolute atomic E-state index is 0.0117. The van der Waals surface area contributed by atoms with Crippen LogP contribution in [0.5, 0.6) is 11.5 Å². The highest BCUT2D eigenvalue weighted by Gasteiger charge is 2.31. The van der Waals surface area contributed by atoms with Crippen molar-refractivity contribution in [2.45, 2.75) is 39.3 Å². The van der Waals surface area contributed by atoms with E-state index in [0.29, 0.717) is 37.7 Å². The molecule has 2 aromatic heterocycles. The molecule has 1 N–H and O–H groups in total. The molecule has 7 nitrogen and oxygen atoms in total. The first kappa shape index (κ1) is 21.8. The number of benzene rings is 1. The van der Waals surface area contributed by atoms with Crippen LogP contribution in [-0.4, -0.2) is 47.6 Å². The Hall–Kier alpha value is -3.00. The van der Waals surface area contributed by atoms with E-state index in [1.807, 2.05) is 36.1 Å². The molecule has 0 radical (unpaired) electrons. The van der Waals surface area contributed by atoms with Crippen LogP contribution in [0, 0.1) is 5.92 Å². The van der Waals surface area contributed by atoms with Gasteiger partial charge in [-0.05, 0) is 61.9 Å². The molecule has 5 rings (SSSR count). The molecule has 2 aliphatic rings. The summed E-state index contributed by atoms with van der Waals surface area (Å²) in [5.74, 6) is 1.24. The third kappa shape index (κ3) is 4.19. The Kier molecular flexibility index (Phi) is 6.01. The predicted molar refractivity (Wildman–Crippen MR) is 128 cm³/mol. The molecule has 33 heavy (non-hydrogen) atoms. The molecule has 2 amide bonds. The van der Waals surface area contributed by atoms with Crippen molar-refractivity contribution < 1.29 is 19.1 Å². The Labute approximate surface area is 197 Å². The number of piperidine rings is 1. The first-order chi connectivity index (χ1) is 16.0. The van der Waals surface area contributed by atoms with E-state index in [-0.39, 0.29) is 23.8 Å². The maximum atomic E-state index is 13.3. The molecule has 174 valence electrons. The third-order valence-corrected chi connectivity index (χ3v) is 7.42. The smallest absolute Gasteiger partial charge is 0.270 e. The lowest BCUT2D eigenvalue weighted by atomic mass is 9.96. The van der Waals surface area contributed by atoms with Gasteiger partial charge in [0.1, 0.15) is 18.9 Å². The molecule has 2 aliphatic heterocycles. The summed E-state index contributed by atoms with van der Waals surface area (Å²) in [6.07, 6.45) is 1.61. The lowest BCUT2D eigenvalue weighted by molar-refractivity contribution is -0.127. The summed E-state index contributed by atoms with van der Waals surface area (Å²) in [6, 6.07) is 9.66. The number of rotatable bonds is 5. The Morgan fingerprint density at radius 3 is 2.82 bits per heavy atom. The molecular formula is C25H29N3O4S. The van der Waals surface area contributed by atoms with E-state index in [2.05, 4.69) is 28.3 Å². The second kappa shape index (κ2) is 9.09.